The molecule has 0 saturated carbocycles. The number of likely N-dealkylation sites (N-methyl/N-ethyl adjacent to an activating group) is 1. The van der Waals surface area contributed by atoms with Gasteiger partial charge in [-0.15, -0.1) is 0 Å². The van der Waals surface area contributed by atoms with Gasteiger partial charge in [0.25, 0.3) is 0 Å². The van der Waals surface area contributed by atoms with E-state index in [1.807, 2.05) is 12.4 Å². The second kappa shape index (κ2) is 6.72. The fraction of sp³-hybridized carbons (Fsp3) is 0.812. The first-order chi connectivity index (χ1) is 9.61. The lowest BCUT2D eigenvalue weighted by molar-refractivity contribution is 0.0836. The molecule has 1 saturated heterocycles. The maximum absolute atomic E-state index is 4.52. The van der Waals surface area contributed by atoms with E-state index in [2.05, 4.69) is 47.6 Å². The van der Waals surface area contributed by atoms with Crippen LogP contribution in [0, 0.1) is 0 Å². The summed E-state index contributed by atoms with van der Waals surface area (Å²) in [6.45, 7) is 10.4. The second-order valence-corrected chi connectivity index (χ2v) is 6.17. The molecule has 20 heavy (non-hydrogen) atoms. The smallest absolute Gasteiger partial charge is 0.109 e. The molecule has 0 radical (unpaired) electrons. The third kappa shape index (κ3) is 3.07. The third-order valence-corrected chi connectivity index (χ3v) is 5.05. The summed E-state index contributed by atoms with van der Waals surface area (Å²) in [4.78, 5) is 7.20. The molecule has 0 bridgehead atoms. The van der Waals surface area contributed by atoms with Crippen LogP contribution in [0.25, 0.3) is 0 Å². The van der Waals surface area contributed by atoms with Crippen molar-refractivity contribution in [2.75, 3.05) is 19.6 Å². The maximum atomic E-state index is 4.52. The molecule has 1 aliphatic heterocycles. The van der Waals surface area contributed by atoms with Gasteiger partial charge < -0.3 is 9.88 Å². The molecule has 114 valence electrons. The monoisotopic (exact) mass is 278 g/mol. The van der Waals surface area contributed by atoms with Crippen molar-refractivity contribution in [2.45, 2.75) is 58.0 Å². The van der Waals surface area contributed by atoms with Gasteiger partial charge in [0.2, 0.25) is 0 Å². The molecule has 1 aromatic rings. The molecule has 2 atom stereocenters. The van der Waals surface area contributed by atoms with E-state index in [4.69, 9.17) is 0 Å². The Morgan fingerprint density at radius 3 is 2.55 bits per heavy atom. The number of aromatic nitrogens is 2. The molecule has 2 heterocycles. The van der Waals surface area contributed by atoms with Crippen LogP contribution in [0.2, 0.25) is 0 Å². The normalized spacial score (nSPS) is 21.0. The standard InChI is InChI=1S/C16H30N4/c1-5-16(3,20-10-7-8-11-20)14(17-6-2)13-15-18-9-12-19(15)4/h9,12,14,17H,5-8,10-11,13H2,1-4H3. The largest absolute Gasteiger partial charge is 0.338 e. The Hall–Kier alpha value is -0.870. The Morgan fingerprint density at radius 1 is 1.35 bits per heavy atom. The summed E-state index contributed by atoms with van der Waals surface area (Å²) in [6, 6.07) is 0.455. The Balaban J connectivity index is 2.18. The molecule has 4 nitrogen and oxygen atoms in total. The number of nitrogens with zero attached hydrogens (tertiary/aromatic N) is 3. The predicted octanol–water partition coefficient (Wildman–Crippen LogP) is 2.21. The number of rotatable bonds is 7. The zero-order valence-corrected chi connectivity index (χ0v) is 13.5. The number of likely N-dealkylation sites (tertiary alicyclic amines) is 1. The summed E-state index contributed by atoms with van der Waals surface area (Å²) >= 11 is 0. The summed E-state index contributed by atoms with van der Waals surface area (Å²) in [5, 5.41) is 3.72. The topological polar surface area (TPSA) is 33.1 Å². The quantitative estimate of drug-likeness (QED) is 0.830. The van der Waals surface area contributed by atoms with Crippen LogP contribution in [-0.2, 0) is 13.5 Å². The first-order valence-corrected chi connectivity index (χ1v) is 8.06. The lowest BCUT2D eigenvalue weighted by atomic mass is 9.85. The molecule has 0 aromatic carbocycles. The molecule has 4 heteroatoms. The average Bonchev–Trinajstić information content (AvgIpc) is 3.10. The van der Waals surface area contributed by atoms with Crippen LogP contribution in [0.3, 0.4) is 0 Å². The van der Waals surface area contributed by atoms with E-state index in [1.165, 1.54) is 38.2 Å². The van der Waals surface area contributed by atoms with Gasteiger partial charge in [-0.05, 0) is 45.8 Å². The fourth-order valence-electron chi connectivity index (χ4n) is 3.45. The van der Waals surface area contributed by atoms with Gasteiger partial charge >= 0.3 is 0 Å². The van der Waals surface area contributed by atoms with Crippen molar-refractivity contribution in [2.24, 2.45) is 7.05 Å². The van der Waals surface area contributed by atoms with E-state index in [-0.39, 0.29) is 5.54 Å². The van der Waals surface area contributed by atoms with Crippen LogP contribution in [0.1, 0.15) is 45.9 Å². The van der Waals surface area contributed by atoms with Crippen molar-refractivity contribution in [1.82, 2.24) is 19.8 Å². The van der Waals surface area contributed by atoms with Crippen LogP contribution in [0.4, 0.5) is 0 Å². The average molecular weight is 278 g/mol. The van der Waals surface area contributed by atoms with Crippen molar-refractivity contribution in [3.8, 4) is 0 Å². The minimum absolute atomic E-state index is 0.221. The second-order valence-electron chi connectivity index (χ2n) is 6.17. The highest BCUT2D eigenvalue weighted by Gasteiger charge is 2.39. The molecule has 1 aliphatic rings. The Labute approximate surface area is 123 Å². The molecule has 0 aliphatic carbocycles. The van der Waals surface area contributed by atoms with E-state index < -0.39 is 0 Å². The van der Waals surface area contributed by atoms with Crippen LogP contribution in [-0.4, -0.2) is 45.7 Å². The SMILES string of the molecule is CCNC(Cc1nccn1C)C(C)(CC)N1CCCC1. The van der Waals surface area contributed by atoms with Gasteiger partial charge in [0.1, 0.15) is 5.82 Å². The Bertz CT molecular complexity index is 408. The lowest BCUT2D eigenvalue weighted by Crippen LogP contribution is -2.59. The van der Waals surface area contributed by atoms with Crippen molar-refractivity contribution in [1.29, 1.82) is 0 Å². The first-order valence-electron chi connectivity index (χ1n) is 8.06. The summed E-state index contributed by atoms with van der Waals surface area (Å²) < 4.78 is 2.14. The molecular weight excluding hydrogens is 248 g/mol. The number of hydrogen-bond donors (Lipinski definition) is 1. The van der Waals surface area contributed by atoms with Crippen LogP contribution < -0.4 is 5.32 Å². The number of hydrogen-bond acceptors (Lipinski definition) is 3. The lowest BCUT2D eigenvalue weighted by Gasteiger charge is -2.45. The highest BCUT2D eigenvalue weighted by molar-refractivity contribution is 5.04. The van der Waals surface area contributed by atoms with E-state index in [0.29, 0.717) is 6.04 Å². The van der Waals surface area contributed by atoms with Gasteiger partial charge in [0, 0.05) is 37.4 Å². The minimum Gasteiger partial charge on any atom is -0.338 e. The zero-order valence-electron chi connectivity index (χ0n) is 13.5. The molecule has 0 spiro atoms. The molecule has 2 rings (SSSR count). The summed E-state index contributed by atoms with van der Waals surface area (Å²) in [5.74, 6) is 1.18. The number of imidazole rings is 1. The maximum Gasteiger partial charge on any atom is 0.109 e. The van der Waals surface area contributed by atoms with Crippen molar-refractivity contribution in [3.05, 3.63) is 18.2 Å². The van der Waals surface area contributed by atoms with Crippen LogP contribution in [0.5, 0.6) is 0 Å². The van der Waals surface area contributed by atoms with Gasteiger partial charge in [-0.25, -0.2) is 4.98 Å². The van der Waals surface area contributed by atoms with E-state index in [1.54, 1.807) is 0 Å². The molecule has 1 fully saturated rings. The number of nitrogens with one attached hydrogen (secondary N) is 1. The third-order valence-electron chi connectivity index (χ3n) is 5.05. The molecule has 1 N–H and O–H groups in total. The summed E-state index contributed by atoms with van der Waals surface area (Å²) in [7, 11) is 2.09. The van der Waals surface area contributed by atoms with Gasteiger partial charge in [-0.1, -0.05) is 13.8 Å². The summed E-state index contributed by atoms with van der Waals surface area (Å²) in [5.41, 5.74) is 0.221. The van der Waals surface area contributed by atoms with Crippen LogP contribution in [0.15, 0.2) is 12.4 Å². The van der Waals surface area contributed by atoms with Crippen LogP contribution >= 0.6 is 0 Å². The highest BCUT2D eigenvalue weighted by Crippen LogP contribution is 2.29. The molecular formula is C16H30N4. The fourth-order valence-corrected chi connectivity index (χ4v) is 3.45. The summed E-state index contributed by atoms with van der Waals surface area (Å²) in [6.07, 6.45) is 8.80. The van der Waals surface area contributed by atoms with Gasteiger partial charge in [0.15, 0.2) is 0 Å². The predicted molar refractivity (Wildman–Crippen MR) is 83.9 cm³/mol. The van der Waals surface area contributed by atoms with Crippen molar-refractivity contribution in [3.63, 3.8) is 0 Å². The van der Waals surface area contributed by atoms with E-state index >= 15 is 0 Å². The molecule has 0 amide bonds. The molecule has 2 unspecified atom stereocenters. The highest BCUT2D eigenvalue weighted by atomic mass is 15.2. The van der Waals surface area contributed by atoms with E-state index in [0.717, 1.165) is 13.0 Å². The van der Waals surface area contributed by atoms with Gasteiger partial charge in [-0.2, -0.15) is 0 Å². The first kappa shape index (κ1) is 15.5. The minimum atomic E-state index is 0.221. The van der Waals surface area contributed by atoms with Gasteiger partial charge in [0.05, 0.1) is 0 Å². The van der Waals surface area contributed by atoms with Crippen molar-refractivity contribution >= 4 is 0 Å². The van der Waals surface area contributed by atoms with E-state index in [9.17, 15) is 0 Å². The Kier molecular flexibility index (Phi) is 5.22. The zero-order chi connectivity index (χ0) is 14.6. The number of aryl methyl sites for hydroxylation is 1. The van der Waals surface area contributed by atoms with Crippen molar-refractivity contribution < 1.29 is 0 Å². The van der Waals surface area contributed by atoms with Gasteiger partial charge in [-0.3, -0.25) is 4.90 Å². The molecule has 1 aromatic heterocycles. The Morgan fingerprint density at radius 2 is 2.05 bits per heavy atom.